The molecule has 0 aromatic heterocycles. The van der Waals surface area contributed by atoms with Crippen LogP contribution in [0.15, 0.2) is 24.3 Å². The Bertz CT molecular complexity index is 381. The van der Waals surface area contributed by atoms with Gasteiger partial charge in [-0.15, -0.1) is 0 Å². The Balaban J connectivity index is 1.94. The average Bonchev–Trinajstić information content (AvgIpc) is 3.29. The molecular formula is C18H30N2. The quantitative estimate of drug-likeness (QED) is 0.740. The maximum absolute atomic E-state index is 3.49. The first-order chi connectivity index (χ1) is 9.76. The number of hydrogen-bond acceptors (Lipinski definition) is 2. The van der Waals surface area contributed by atoms with Crippen molar-refractivity contribution >= 4 is 0 Å². The van der Waals surface area contributed by atoms with E-state index in [-0.39, 0.29) is 0 Å². The van der Waals surface area contributed by atoms with Gasteiger partial charge in [-0.3, -0.25) is 0 Å². The SMILES string of the molecule is CCCc1ccc(C(CN(CC)CC2CC2)NC)cc1. The highest BCUT2D eigenvalue weighted by atomic mass is 15.1. The summed E-state index contributed by atoms with van der Waals surface area (Å²) in [6, 6.07) is 9.64. The zero-order valence-corrected chi connectivity index (χ0v) is 13.4. The van der Waals surface area contributed by atoms with Crippen molar-refractivity contribution < 1.29 is 0 Å². The summed E-state index contributed by atoms with van der Waals surface area (Å²) >= 11 is 0. The van der Waals surface area contributed by atoms with Gasteiger partial charge in [-0.25, -0.2) is 0 Å². The van der Waals surface area contributed by atoms with E-state index < -0.39 is 0 Å². The number of likely N-dealkylation sites (N-methyl/N-ethyl adjacent to an activating group) is 2. The first-order valence-corrected chi connectivity index (χ1v) is 8.25. The summed E-state index contributed by atoms with van der Waals surface area (Å²) in [5.74, 6) is 0.972. The number of aryl methyl sites for hydroxylation is 1. The summed E-state index contributed by atoms with van der Waals surface area (Å²) in [7, 11) is 2.08. The third kappa shape index (κ3) is 4.60. The van der Waals surface area contributed by atoms with Gasteiger partial charge in [0.15, 0.2) is 0 Å². The molecule has 1 aliphatic rings. The molecule has 1 atom stereocenters. The van der Waals surface area contributed by atoms with Gasteiger partial charge in [0.25, 0.3) is 0 Å². The highest BCUT2D eigenvalue weighted by Crippen LogP contribution is 2.30. The molecule has 1 fully saturated rings. The molecule has 0 spiro atoms. The summed E-state index contributed by atoms with van der Waals surface area (Å²) < 4.78 is 0. The second-order valence-electron chi connectivity index (χ2n) is 6.13. The van der Waals surface area contributed by atoms with Gasteiger partial charge in [0, 0.05) is 19.1 Å². The lowest BCUT2D eigenvalue weighted by molar-refractivity contribution is 0.248. The Kier molecular flexibility index (Phi) is 6.06. The van der Waals surface area contributed by atoms with Crippen LogP contribution in [0, 0.1) is 5.92 Å². The predicted octanol–water partition coefficient (Wildman–Crippen LogP) is 3.63. The van der Waals surface area contributed by atoms with Crippen LogP contribution in [-0.4, -0.2) is 31.6 Å². The summed E-state index contributed by atoms with van der Waals surface area (Å²) in [5.41, 5.74) is 2.87. The van der Waals surface area contributed by atoms with Crippen LogP contribution >= 0.6 is 0 Å². The van der Waals surface area contributed by atoms with Crippen LogP contribution < -0.4 is 5.32 Å². The van der Waals surface area contributed by atoms with Crippen LogP contribution in [0.1, 0.15) is 50.3 Å². The minimum atomic E-state index is 0.448. The van der Waals surface area contributed by atoms with Crippen LogP contribution in [-0.2, 0) is 6.42 Å². The van der Waals surface area contributed by atoms with Crippen molar-refractivity contribution in [3.8, 4) is 0 Å². The van der Waals surface area contributed by atoms with E-state index in [4.69, 9.17) is 0 Å². The third-order valence-electron chi connectivity index (χ3n) is 4.37. The molecule has 2 nitrogen and oxygen atoms in total. The van der Waals surface area contributed by atoms with Crippen molar-refractivity contribution in [2.24, 2.45) is 5.92 Å². The zero-order chi connectivity index (χ0) is 14.4. The fourth-order valence-electron chi connectivity index (χ4n) is 2.83. The second kappa shape index (κ2) is 7.80. The van der Waals surface area contributed by atoms with Crippen molar-refractivity contribution in [1.29, 1.82) is 0 Å². The predicted molar refractivity (Wildman–Crippen MR) is 87.1 cm³/mol. The Labute approximate surface area is 124 Å². The molecule has 2 heteroatoms. The number of rotatable bonds is 9. The maximum Gasteiger partial charge on any atom is 0.0446 e. The van der Waals surface area contributed by atoms with E-state index in [1.54, 1.807) is 0 Å². The summed E-state index contributed by atoms with van der Waals surface area (Å²) in [5, 5.41) is 3.49. The molecule has 0 saturated heterocycles. The van der Waals surface area contributed by atoms with Crippen LogP contribution in [0.4, 0.5) is 0 Å². The molecule has 1 aromatic carbocycles. The molecule has 1 aromatic rings. The molecule has 1 unspecified atom stereocenters. The van der Waals surface area contributed by atoms with Gasteiger partial charge in [-0.1, -0.05) is 44.5 Å². The van der Waals surface area contributed by atoms with E-state index in [2.05, 4.69) is 55.4 Å². The minimum absolute atomic E-state index is 0.448. The fourth-order valence-corrected chi connectivity index (χ4v) is 2.83. The molecular weight excluding hydrogens is 244 g/mol. The van der Waals surface area contributed by atoms with Crippen LogP contribution in [0.2, 0.25) is 0 Å². The van der Waals surface area contributed by atoms with Gasteiger partial charge in [0.2, 0.25) is 0 Å². The topological polar surface area (TPSA) is 15.3 Å². The summed E-state index contributed by atoms with van der Waals surface area (Å²) in [6.07, 6.45) is 5.28. The first kappa shape index (κ1) is 15.5. The highest BCUT2D eigenvalue weighted by Gasteiger charge is 2.24. The molecule has 0 amide bonds. The Morgan fingerprint density at radius 2 is 1.90 bits per heavy atom. The van der Waals surface area contributed by atoms with E-state index in [1.165, 1.54) is 43.4 Å². The van der Waals surface area contributed by atoms with Crippen LogP contribution in [0.5, 0.6) is 0 Å². The third-order valence-corrected chi connectivity index (χ3v) is 4.37. The molecule has 20 heavy (non-hydrogen) atoms. The molecule has 0 aliphatic heterocycles. The van der Waals surface area contributed by atoms with E-state index in [9.17, 15) is 0 Å². The first-order valence-electron chi connectivity index (χ1n) is 8.25. The molecule has 1 saturated carbocycles. The van der Waals surface area contributed by atoms with Crippen LogP contribution in [0.3, 0.4) is 0 Å². The van der Waals surface area contributed by atoms with Gasteiger partial charge in [0.05, 0.1) is 0 Å². The lowest BCUT2D eigenvalue weighted by atomic mass is 10.0. The Morgan fingerprint density at radius 3 is 2.40 bits per heavy atom. The fraction of sp³-hybridized carbons (Fsp3) is 0.667. The molecule has 0 radical (unpaired) electrons. The van der Waals surface area contributed by atoms with Gasteiger partial charge >= 0.3 is 0 Å². The highest BCUT2D eigenvalue weighted by molar-refractivity contribution is 5.25. The second-order valence-corrected chi connectivity index (χ2v) is 6.13. The van der Waals surface area contributed by atoms with E-state index in [0.717, 1.165) is 19.0 Å². The average molecular weight is 274 g/mol. The van der Waals surface area contributed by atoms with Crippen molar-refractivity contribution in [3.05, 3.63) is 35.4 Å². The van der Waals surface area contributed by atoms with Crippen molar-refractivity contribution in [2.75, 3.05) is 26.7 Å². The smallest absolute Gasteiger partial charge is 0.0446 e. The van der Waals surface area contributed by atoms with Crippen molar-refractivity contribution in [3.63, 3.8) is 0 Å². The number of nitrogens with one attached hydrogen (secondary N) is 1. The van der Waals surface area contributed by atoms with Gasteiger partial charge in [-0.2, -0.15) is 0 Å². The molecule has 0 heterocycles. The number of nitrogens with zero attached hydrogens (tertiary/aromatic N) is 1. The lowest BCUT2D eigenvalue weighted by Crippen LogP contribution is -2.35. The normalized spacial score (nSPS) is 16.6. The number of benzene rings is 1. The van der Waals surface area contributed by atoms with Crippen molar-refractivity contribution in [1.82, 2.24) is 10.2 Å². The zero-order valence-electron chi connectivity index (χ0n) is 13.4. The van der Waals surface area contributed by atoms with E-state index in [0.29, 0.717) is 6.04 Å². The molecule has 1 N–H and O–H groups in total. The largest absolute Gasteiger partial charge is 0.312 e. The molecule has 112 valence electrons. The maximum atomic E-state index is 3.49. The van der Waals surface area contributed by atoms with E-state index >= 15 is 0 Å². The summed E-state index contributed by atoms with van der Waals surface area (Å²) in [6.45, 7) is 8.07. The van der Waals surface area contributed by atoms with E-state index in [1.807, 2.05) is 0 Å². The minimum Gasteiger partial charge on any atom is -0.312 e. The standard InChI is InChI=1S/C18H30N2/c1-4-6-15-9-11-17(12-10-15)18(19-3)14-20(5-2)13-16-7-8-16/h9-12,16,18-19H,4-8,13-14H2,1-3H3. The van der Waals surface area contributed by atoms with Crippen molar-refractivity contribution in [2.45, 2.75) is 45.6 Å². The number of hydrogen-bond donors (Lipinski definition) is 1. The van der Waals surface area contributed by atoms with Gasteiger partial charge in [-0.05, 0) is 49.9 Å². The molecule has 2 rings (SSSR count). The monoisotopic (exact) mass is 274 g/mol. The van der Waals surface area contributed by atoms with Crippen LogP contribution in [0.25, 0.3) is 0 Å². The van der Waals surface area contributed by atoms with Gasteiger partial charge < -0.3 is 10.2 Å². The Hall–Kier alpha value is -0.860. The van der Waals surface area contributed by atoms with Gasteiger partial charge in [0.1, 0.15) is 0 Å². The lowest BCUT2D eigenvalue weighted by Gasteiger charge is -2.26. The molecule has 0 bridgehead atoms. The summed E-state index contributed by atoms with van der Waals surface area (Å²) in [4.78, 5) is 2.60. The Morgan fingerprint density at radius 1 is 1.20 bits per heavy atom. The molecule has 1 aliphatic carbocycles.